The van der Waals surface area contributed by atoms with Crippen LogP contribution in [0.4, 0.5) is 13.2 Å². The van der Waals surface area contributed by atoms with Crippen LogP contribution in [0.3, 0.4) is 0 Å². The van der Waals surface area contributed by atoms with E-state index < -0.39 is 12.7 Å². The van der Waals surface area contributed by atoms with E-state index >= 15 is 0 Å². The van der Waals surface area contributed by atoms with E-state index in [1.54, 1.807) is 13.3 Å². The van der Waals surface area contributed by atoms with Gasteiger partial charge in [-0.1, -0.05) is 38.0 Å². The summed E-state index contributed by atoms with van der Waals surface area (Å²) in [4.78, 5) is 39.3. The number of rotatable bonds is 13. The lowest BCUT2D eigenvalue weighted by Gasteiger charge is -2.33. The Morgan fingerprint density at radius 3 is 2.67 bits per heavy atom. The first kappa shape index (κ1) is 31.0. The number of hydrogen-bond acceptors (Lipinski definition) is 6. The number of nitrogens with zero attached hydrogens (tertiary/aromatic N) is 3. The number of piperidine rings is 1. The summed E-state index contributed by atoms with van der Waals surface area (Å²) in [6, 6.07) is 9.40. The van der Waals surface area contributed by atoms with Gasteiger partial charge in [0.2, 0.25) is 11.8 Å². The number of para-hydroxylation sites is 1. The van der Waals surface area contributed by atoms with Gasteiger partial charge in [0.1, 0.15) is 11.6 Å². The molecule has 0 bridgehead atoms. The number of ketones is 1. The molecule has 3 heterocycles. The molecule has 11 heteroatoms. The van der Waals surface area contributed by atoms with E-state index in [9.17, 15) is 22.8 Å². The fourth-order valence-corrected chi connectivity index (χ4v) is 6.35. The summed E-state index contributed by atoms with van der Waals surface area (Å²) in [7, 11) is 1.57. The molecule has 1 saturated carbocycles. The van der Waals surface area contributed by atoms with E-state index in [1.165, 1.54) is 4.90 Å². The summed E-state index contributed by atoms with van der Waals surface area (Å²) >= 11 is 0. The number of imidazole rings is 1. The highest BCUT2D eigenvalue weighted by molar-refractivity contribution is 5.85. The standard InChI is InChI=1S/C32H40F3N5O3/c1-3-22(41)10-5-4-6-12-26(38-29(42)24-18-31(24)13-15-40(16-14-31)20-32(33,34)35)28-36-19-27(37-28)23-17-21-9-7-8-11-25(21)39-30(23)43-2/h7-9,11,17,19,24,26H,3-6,10,12-16,18,20H2,1-2H3,(H,36,37)(H,38,42)/t24-,26+/m1/s1. The van der Waals surface area contributed by atoms with Crippen LogP contribution >= 0.6 is 0 Å². The van der Waals surface area contributed by atoms with Gasteiger partial charge in [0.25, 0.3) is 0 Å². The van der Waals surface area contributed by atoms with Gasteiger partial charge >= 0.3 is 6.18 Å². The molecular weight excluding hydrogens is 559 g/mol. The minimum absolute atomic E-state index is 0.0710. The number of hydrogen-bond donors (Lipinski definition) is 2. The molecule has 3 aromatic rings. The highest BCUT2D eigenvalue weighted by atomic mass is 19.4. The number of Topliss-reactive ketones (excluding diaryl/α,β-unsaturated/α-hetero) is 1. The molecule has 1 aromatic carbocycles. The van der Waals surface area contributed by atoms with Crippen molar-refractivity contribution >= 4 is 22.6 Å². The molecule has 0 unspecified atom stereocenters. The summed E-state index contributed by atoms with van der Waals surface area (Å²) in [5.41, 5.74) is 2.08. The number of carbonyl (C=O) groups is 2. The highest BCUT2D eigenvalue weighted by Gasteiger charge is 2.59. The Kier molecular flexibility index (Phi) is 9.39. The Morgan fingerprint density at radius 1 is 1.19 bits per heavy atom. The van der Waals surface area contributed by atoms with E-state index in [0.717, 1.165) is 41.4 Å². The van der Waals surface area contributed by atoms with Crippen LogP contribution in [0.25, 0.3) is 22.2 Å². The number of benzene rings is 1. The number of likely N-dealkylation sites (tertiary alicyclic amines) is 1. The maximum atomic E-state index is 13.5. The van der Waals surface area contributed by atoms with Crippen molar-refractivity contribution in [3.05, 3.63) is 42.4 Å². The minimum Gasteiger partial charge on any atom is -0.480 e. The molecule has 2 N–H and O–H groups in total. The summed E-state index contributed by atoms with van der Waals surface area (Å²) in [5.74, 6) is 1.06. The van der Waals surface area contributed by atoms with E-state index in [4.69, 9.17) is 4.74 Å². The van der Waals surface area contributed by atoms with Gasteiger partial charge in [-0.15, -0.1) is 0 Å². The van der Waals surface area contributed by atoms with Crippen molar-refractivity contribution < 1.29 is 27.5 Å². The van der Waals surface area contributed by atoms with E-state index in [2.05, 4.69) is 20.3 Å². The molecule has 2 atom stereocenters. The number of unbranched alkanes of at least 4 members (excludes halogenated alkanes) is 2. The average molecular weight is 600 g/mol. The predicted octanol–water partition coefficient (Wildman–Crippen LogP) is 6.38. The normalized spacial score (nSPS) is 19.0. The second-order valence-electron chi connectivity index (χ2n) is 12.0. The predicted molar refractivity (Wildman–Crippen MR) is 157 cm³/mol. The van der Waals surface area contributed by atoms with Gasteiger partial charge in [0.05, 0.1) is 42.7 Å². The fraction of sp³-hybridized carbons (Fsp3) is 0.562. The second kappa shape index (κ2) is 13.0. The number of aromatic nitrogens is 3. The van der Waals surface area contributed by atoms with E-state index in [1.807, 2.05) is 37.3 Å². The first-order valence-corrected chi connectivity index (χ1v) is 15.2. The maximum Gasteiger partial charge on any atom is 0.401 e. The lowest BCUT2D eigenvalue weighted by atomic mass is 9.90. The zero-order valence-corrected chi connectivity index (χ0v) is 24.8. The number of nitrogens with one attached hydrogen (secondary N) is 2. The van der Waals surface area contributed by atoms with Crippen molar-refractivity contribution in [2.45, 2.75) is 76.9 Å². The van der Waals surface area contributed by atoms with Crippen LogP contribution in [-0.2, 0) is 9.59 Å². The van der Waals surface area contributed by atoms with E-state index in [0.29, 0.717) is 63.3 Å². The number of carbonyl (C=O) groups excluding carboxylic acids is 2. The molecule has 0 radical (unpaired) electrons. The number of methoxy groups -OCH3 is 1. The lowest BCUT2D eigenvalue weighted by Crippen LogP contribution is -2.42. The SMILES string of the molecule is CCC(=O)CCCCC[C@H](NC(=O)[C@H]1CC12CCN(CC(F)(F)F)CC2)c1ncc(-c2cc3ccccc3nc2OC)[nH]1. The molecule has 2 aliphatic rings. The summed E-state index contributed by atoms with van der Waals surface area (Å²) in [5, 5.41) is 4.17. The topological polar surface area (TPSA) is 100 Å². The van der Waals surface area contributed by atoms with Gasteiger partial charge in [-0.3, -0.25) is 14.5 Å². The summed E-state index contributed by atoms with van der Waals surface area (Å²) in [6.45, 7) is 1.68. The number of H-pyrrole nitrogens is 1. The summed E-state index contributed by atoms with van der Waals surface area (Å²) in [6.07, 6.45) is 3.61. The molecule has 5 rings (SSSR count). The third-order valence-electron chi connectivity index (χ3n) is 9.02. The average Bonchev–Trinajstić information content (AvgIpc) is 3.46. The molecule has 1 aliphatic carbocycles. The van der Waals surface area contributed by atoms with Crippen molar-refractivity contribution in [2.75, 3.05) is 26.7 Å². The third-order valence-corrected chi connectivity index (χ3v) is 9.02. The Labute approximate surface area is 249 Å². The van der Waals surface area contributed by atoms with Crippen LogP contribution in [0, 0.1) is 11.3 Å². The number of ether oxygens (including phenoxy) is 1. The quantitative estimate of drug-likeness (QED) is 0.221. The van der Waals surface area contributed by atoms with Crippen LogP contribution < -0.4 is 10.1 Å². The molecule has 1 saturated heterocycles. The Bertz CT molecular complexity index is 1430. The van der Waals surface area contributed by atoms with Gasteiger partial charge in [0.15, 0.2) is 0 Å². The van der Waals surface area contributed by atoms with Gasteiger partial charge < -0.3 is 15.0 Å². The smallest absolute Gasteiger partial charge is 0.401 e. The van der Waals surface area contributed by atoms with Crippen LogP contribution in [0.2, 0.25) is 0 Å². The van der Waals surface area contributed by atoms with E-state index in [-0.39, 0.29) is 29.1 Å². The number of halogens is 3. The highest BCUT2D eigenvalue weighted by Crippen LogP contribution is 2.59. The first-order chi connectivity index (χ1) is 20.6. The van der Waals surface area contributed by atoms with Gasteiger partial charge in [0, 0.05) is 24.1 Å². The zero-order valence-electron chi connectivity index (χ0n) is 24.8. The number of aromatic amines is 1. The fourth-order valence-electron chi connectivity index (χ4n) is 6.35. The van der Waals surface area contributed by atoms with Crippen LogP contribution in [0.15, 0.2) is 36.5 Å². The monoisotopic (exact) mass is 599 g/mol. The number of alkyl halides is 3. The summed E-state index contributed by atoms with van der Waals surface area (Å²) < 4.78 is 44.1. The second-order valence-corrected chi connectivity index (χ2v) is 12.0. The molecule has 43 heavy (non-hydrogen) atoms. The van der Waals surface area contributed by atoms with Crippen molar-refractivity contribution in [2.24, 2.45) is 11.3 Å². The number of fused-ring (bicyclic) bond motifs is 1. The minimum atomic E-state index is -4.21. The molecule has 2 fully saturated rings. The van der Waals surface area contributed by atoms with Gasteiger partial charge in [-0.05, 0) is 62.7 Å². The Morgan fingerprint density at radius 2 is 1.95 bits per heavy atom. The molecule has 8 nitrogen and oxygen atoms in total. The number of amides is 1. The van der Waals surface area contributed by atoms with Crippen LogP contribution in [0.5, 0.6) is 5.88 Å². The Balaban J connectivity index is 1.28. The molecule has 1 aliphatic heterocycles. The van der Waals surface area contributed by atoms with Crippen LogP contribution in [-0.4, -0.2) is 64.5 Å². The maximum absolute atomic E-state index is 13.5. The Hall–Kier alpha value is -3.47. The molecule has 232 valence electrons. The largest absolute Gasteiger partial charge is 0.480 e. The van der Waals surface area contributed by atoms with Crippen molar-refractivity contribution in [3.8, 4) is 17.1 Å². The molecule has 2 aromatic heterocycles. The molecular formula is C32H40F3N5O3. The molecule has 1 spiro atoms. The lowest BCUT2D eigenvalue weighted by molar-refractivity contribution is -0.149. The first-order valence-electron chi connectivity index (χ1n) is 15.2. The van der Waals surface area contributed by atoms with Gasteiger partial charge in [-0.2, -0.15) is 13.2 Å². The third kappa shape index (κ3) is 7.55. The van der Waals surface area contributed by atoms with Crippen molar-refractivity contribution in [1.29, 1.82) is 0 Å². The molecule has 1 amide bonds. The van der Waals surface area contributed by atoms with Crippen molar-refractivity contribution in [1.82, 2.24) is 25.2 Å². The van der Waals surface area contributed by atoms with Crippen LogP contribution in [0.1, 0.15) is 76.6 Å². The zero-order chi connectivity index (χ0) is 30.6. The van der Waals surface area contributed by atoms with Crippen molar-refractivity contribution in [3.63, 3.8) is 0 Å². The number of pyridine rings is 1. The van der Waals surface area contributed by atoms with Gasteiger partial charge in [-0.25, -0.2) is 9.97 Å².